The second kappa shape index (κ2) is 7.74. The predicted octanol–water partition coefficient (Wildman–Crippen LogP) is 1.18. The molecule has 5 nitrogen and oxygen atoms in total. The topological polar surface area (TPSA) is 64.3 Å². The van der Waals surface area contributed by atoms with Crippen molar-refractivity contribution in [1.82, 2.24) is 9.97 Å². The van der Waals surface area contributed by atoms with E-state index >= 15 is 0 Å². The van der Waals surface area contributed by atoms with Gasteiger partial charge >= 0.3 is 0 Å². The van der Waals surface area contributed by atoms with E-state index in [0.29, 0.717) is 12.6 Å². The molecule has 2 N–H and O–H groups in total. The lowest BCUT2D eigenvalue weighted by Gasteiger charge is -2.24. The molecule has 0 bridgehead atoms. The first-order valence-electron chi connectivity index (χ1n) is 5.52. The first kappa shape index (κ1) is 17.4. The van der Waals surface area contributed by atoms with E-state index in [2.05, 4.69) is 14.9 Å². The van der Waals surface area contributed by atoms with E-state index in [-0.39, 0.29) is 30.9 Å². The highest BCUT2D eigenvalue weighted by atomic mass is 35.5. The summed E-state index contributed by atoms with van der Waals surface area (Å²) in [6.45, 7) is 3.45. The molecule has 0 saturated carbocycles. The summed E-state index contributed by atoms with van der Waals surface area (Å²) in [5.41, 5.74) is 6.75. The molecular weight excluding hydrogens is 275 g/mol. The molecule has 104 valence electrons. The highest BCUT2D eigenvalue weighted by Gasteiger charge is 2.31. The van der Waals surface area contributed by atoms with Gasteiger partial charge in [-0.05, 0) is 13.3 Å². The number of halogens is 2. The molecule has 0 aromatic carbocycles. The summed E-state index contributed by atoms with van der Waals surface area (Å²) in [4.78, 5) is 10.6. The van der Waals surface area contributed by atoms with E-state index in [9.17, 15) is 0 Å². The van der Waals surface area contributed by atoms with Crippen LogP contribution in [0.3, 0.4) is 0 Å². The van der Waals surface area contributed by atoms with Crippen LogP contribution in [-0.2, 0) is 4.74 Å². The molecule has 2 heterocycles. The molecule has 2 rings (SSSR count). The average molecular weight is 295 g/mol. The molecule has 1 saturated heterocycles. The highest BCUT2D eigenvalue weighted by molar-refractivity contribution is 5.85. The Bertz CT molecular complexity index is 367. The van der Waals surface area contributed by atoms with Crippen LogP contribution in [0.1, 0.15) is 12.1 Å². The van der Waals surface area contributed by atoms with Gasteiger partial charge in [0.05, 0.1) is 6.10 Å². The van der Waals surface area contributed by atoms with E-state index in [1.165, 1.54) is 0 Å². The van der Waals surface area contributed by atoms with Crippen LogP contribution >= 0.6 is 24.8 Å². The van der Waals surface area contributed by atoms with Gasteiger partial charge in [0.15, 0.2) is 0 Å². The number of methoxy groups -OCH3 is 1. The Morgan fingerprint density at radius 2 is 2.17 bits per heavy atom. The summed E-state index contributed by atoms with van der Waals surface area (Å²) in [5.74, 6) is 0.947. The lowest BCUT2D eigenvalue weighted by molar-refractivity contribution is 0.118. The average Bonchev–Trinajstić information content (AvgIpc) is 2.72. The van der Waals surface area contributed by atoms with Crippen LogP contribution in [0.25, 0.3) is 0 Å². The van der Waals surface area contributed by atoms with Crippen molar-refractivity contribution >= 4 is 30.6 Å². The number of nitrogens with zero attached hydrogens (tertiary/aromatic N) is 3. The largest absolute Gasteiger partial charge is 0.380 e. The van der Waals surface area contributed by atoms with E-state index in [4.69, 9.17) is 10.5 Å². The minimum atomic E-state index is 0. The zero-order valence-corrected chi connectivity index (χ0v) is 12.2. The van der Waals surface area contributed by atoms with Crippen molar-refractivity contribution in [3.05, 3.63) is 18.1 Å². The quantitative estimate of drug-likeness (QED) is 0.907. The van der Waals surface area contributed by atoms with Gasteiger partial charge in [-0.1, -0.05) is 0 Å². The monoisotopic (exact) mass is 294 g/mol. The zero-order chi connectivity index (χ0) is 11.5. The molecule has 1 aromatic rings. The van der Waals surface area contributed by atoms with Crippen LogP contribution in [0.4, 0.5) is 5.82 Å². The van der Waals surface area contributed by atoms with Crippen molar-refractivity contribution in [3.63, 3.8) is 0 Å². The fraction of sp³-hybridized carbons (Fsp3) is 0.636. The van der Waals surface area contributed by atoms with Gasteiger partial charge in [0.1, 0.15) is 12.1 Å². The number of anilines is 1. The van der Waals surface area contributed by atoms with Crippen LogP contribution in [0.2, 0.25) is 0 Å². The molecule has 2 unspecified atom stereocenters. The Morgan fingerprint density at radius 1 is 1.44 bits per heavy atom. The van der Waals surface area contributed by atoms with Gasteiger partial charge in [0.25, 0.3) is 0 Å². The smallest absolute Gasteiger partial charge is 0.132 e. The first-order valence-corrected chi connectivity index (χ1v) is 5.52. The maximum absolute atomic E-state index is 5.78. The molecule has 7 heteroatoms. The molecule has 0 aliphatic carbocycles. The molecule has 0 radical (unpaired) electrons. The van der Waals surface area contributed by atoms with Crippen molar-refractivity contribution in [2.45, 2.75) is 25.5 Å². The van der Waals surface area contributed by atoms with Crippen molar-refractivity contribution in [2.24, 2.45) is 5.73 Å². The zero-order valence-electron chi connectivity index (χ0n) is 10.6. The Morgan fingerprint density at radius 3 is 2.72 bits per heavy atom. The Balaban J connectivity index is 0.00000144. The number of aryl methyl sites for hydroxylation is 1. The molecular formula is C11H20Cl2N4O. The van der Waals surface area contributed by atoms with Crippen molar-refractivity contribution in [2.75, 3.05) is 25.1 Å². The third-order valence-corrected chi connectivity index (χ3v) is 3.07. The summed E-state index contributed by atoms with van der Waals surface area (Å²) in [7, 11) is 1.74. The van der Waals surface area contributed by atoms with Crippen LogP contribution < -0.4 is 10.6 Å². The minimum Gasteiger partial charge on any atom is -0.380 e. The van der Waals surface area contributed by atoms with Gasteiger partial charge in [0.2, 0.25) is 0 Å². The van der Waals surface area contributed by atoms with Crippen molar-refractivity contribution in [1.29, 1.82) is 0 Å². The second-order valence-electron chi connectivity index (χ2n) is 4.15. The maximum atomic E-state index is 5.78. The molecule has 0 spiro atoms. The van der Waals surface area contributed by atoms with Gasteiger partial charge in [-0.2, -0.15) is 0 Å². The Kier molecular flexibility index (Phi) is 7.47. The maximum Gasteiger partial charge on any atom is 0.132 e. The molecule has 1 aliphatic heterocycles. The second-order valence-corrected chi connectivity index (χ2v) is 4.15. The van der Waals surface area contributed by atoms with E-state index in [1.54, 1.807) is 13.4 Å². The summed E-state index contributed by atoms with van der Waals surface area (Å²) in [5, 5.41) is 0. The minimum absolute atomic E-state index is 0. The summed E-state index contributed by atoms with van der Waals surface area (Å²) in [6.07, 6.45) is 2.82. The van der Waals surface area contributed by atoms with Crippen LogP contribution in [-0.4, -0.2) is 42.3 Å². The van der Waals surface area contributed by atoms with Crippen LogP contribution in [0.5, 0.6) is 0 Å². The number of hydrogen-bond donors (Lipinski definition) is 1. The molecule has 0 amide bonds. The van der Waals surface area contributed by atoms with E-state index < -0.39 is 0 Å². The number of aromatic nitrogens is 2. The van der Waals surface area contributed by atoms with Gasteiger partial charge < -0.3 is 15.4 Å². The lowest BCUT2D eigenvalue weighted by atomic mass is 10.2. The number of nitrogens with two attached hydrogens (primary N) is 1. The summed E-state index contributed by atoms with van der Waals surface area (Å²) < 4.78 is 5.38. The SMILES string of the molecule is COC1CC(CN)N(c2cc(C)ncn2)C1.Cl.Cl. The van der Waals surface area contributed by atoms with E-state index in [1.807, 2.05) is 13.0 Å². The Labute approximate surface area is 120 Å². The standard InChI is InChI=1S/C11H18N4O.2ClH/c1-8-3-11(14-7-13-8)15-6-10(16-2)4-9(15)5-12;;/h3,7,9-10H,4-6,12H2,1-2H3;2*1H. The van der Waals surface area contributed by atoms with Crippen LogP contribution in [0.15, 0.2) is 12.4 Å². The number of hydrogen-bond acceptors (Lipinski definition) is 5. The van der Waals surface area contributed by atoms with Gasteiger partial charge in [-0.15, -0.1) is 24.8 Å². The molecule has 18 heavy (non-hydrogen) atoms. The summed E-state index contributed by atoms with van der Waals surface area (Å²) in [6, 6.07) is 2.31. The molecule has 1 aliphatic rings. The Hall–Kier alpha value is -0.620. The fourth-order valence-corrected chi connectivity index (χ4v) is 2.15. The molecule has 1 aromatic heterocycles. The van der Waals surface area contributed by atoms with Gasteiger partial charge in [-0.3, -0.25) is 0 Å². The lowest BCUT2D eigenvalue weighted by Crippen LogP contribution is -2.36. The first-order chi connectivity index (χ1) is 7.74. The number of rotatable bonds is 3. The van der Waals surface area contributed by atoms with Gasteiger partial charge in [0, 0.05) is 38.0 Å². The van der Waals surface area contributed by atoms with Crippen LogP contribution in [0, 0.1) is 6.92 Å². The normalized spacial score (nSPS) is 22.3. The molecule has 2 atom stereocenters. The van der Waals surface area contributed by atoms with E-state index in [0.717, 1.165) is 24.5 Å². The third-order valence-electron chi connectivity index (χ3n) is 3.07. The van der Waals surface area contributed by atoms with Gasteiger partial charge in [-0.25, -0.2) is 9.97 Å². The van der Waals surface area contributed by atoms with Crippen molar-refractivity contribution < 1.29 is 4.74 Å². The number of ether oxygens (including phenoxy) is 1. The third kappa shape index (κ3) is 3.68. The van der Waals surface area contributed by atoms with Crippen molar-refractivity contribution in [3.8, 4) is 0 Å². The highest BCUT2D eigenvalue weighted by Crippen LogP contribution is 2.24. The summed E-state index contributed by atoms with van der Waals surface area (Å²) >= 11 is 0. The fourth-order valence-electron chi connectivity index (χ4n) is 2.15. The molecule has 1 fully saturated rings. The predicted molar refractivity (Wildman–Crippen MR) is 76.9 cm³/mol.